The van der Waals surface area contributed by atoms with Crippen LogP contribution in [0, 0.1) is 23.5 Å². The molecule has 2 amide bonds. The Morgan fingerprint density at radius 1 is 0.950 bits per heavy atom. The summed E-state index contributed by atoms with van der Waals surface area (Å²) < 4.78 is 27.6. The van der Waals surface area contributed by atoms with Gasteiger partial charge in [-0.15, -0.1) is 0 Å². The van der Waals surface area contributed by atoms with Crippen LogP contribution in [0.4, 0.5) is 8.78 Å². The molecule has 104 valence electrons. The third-order valence-corrected chi connectivity index (χ3v) is 5.00. The van der Waals surface area contributed by atoms with Gasteiger partial charge in [0.2, 0.25) is 0 Å². The number of amides is 2. The quantitative estimate of drug-likeness (QED) is 0.740. The zero-order chi connectivity index (χ0) is 14.0. The molecule has 5 heteroatoms. The first kappa shape index (κ1) is 12.0. The number of carbonyl (C=O) groups is 2. The Bertz CT molecular complexity index is 602. The molecule has 0 N–H and O–H groups in total. The van der Waals surface area contributed by atoms with Crippen LogP contribution in [0.15, 0.2) is 12.1 Å². The molecular formula is C15H13F2NO2. The van der Waals surface area contributed by atoms with Crippen molar-refractivity contribution >= 4 is 11.8 Å². The molecule has 1 heterocycles. The highest BCUT2D eigenvalue weighted by molar-refractivity contribution is 6.21. The van der Waals surface area contributed by atoms with Crippen molar-refractivity contribution in [2.75, 3.05) is 0 Å². The standard InChI is InChI=1S/C15H13F2NO2/c16-9-3-4-10(17)13-12(9)14(19)18(15(13)20)11-6-7-1-2-8(11)5-7/h3-4,7-8,11H,1-2,5-6H2/t7-,8+,11?/m0/s1. The van der Waals surface area contributed by atoms with E-state index < -0.39 is 34.6 Å². The lowest BCUT2D eigenvalue weighted by atomic mass is 9.94. The van der Waals surface area contributed by atoms with Crippen molar-refractivity contribution in [2.45, 2.75) is 31.7 Å². The van der Waals surface area contributed by atoms with E-state index in [1.165, 1.54) is 0 Å². The molecule has 3 nitrogen and oxygen atoms in total. The Hall–Kier alpha value is -1.78. The molecule has 2 saturated carbocycles. The summed E-state index contributed by atoms with van der Waals surface area (Å²) in [5.74, 6) is -2.12. The molecule has 0 radical (unpaired) electrons. The fourth-order valence-electron chi connectivity index (χ4n) is 4.13. The largest absolute Gasteiger partial charge is 0.271 e. The molecular weight excluding hydrogens is 264 g/mol. The summed E-state index contributed by atoms with van der Waals surface area (Å²) in [4.78, 5) is 25.8. The van der Waals surface area contributed by atoms with E-state index in [0.29, 0.717) is 11.8 Å². The first-order chi connectivity index (χ1) is 9.58. The molecule has 1 unspecified atom stereocenters. The number of fused-ring (bicyclic) bond motifs is 3. The van der Waals surface area contributed by atoms with E-state index in [1.54, 1.807) is 0 Å². The maximum absolute atomic E-state index is 13.8. The first-order valence-corrected chi connectivity index (χ1v) is 6.94. The van der Waals surface area contributed by atoms with Crippen LogP contribution in [0.25, 0.3) is 0 Å². The van der Waals surface area contributed by atoms with Crippen molar-refractivity contribution in [3.8, 4) is 0 Å². The van der Waals surface area contributed by atoms with Gasteiger partial charge in [-0.3, -0.25) is 14.5 Å². The molecule has 20 heavy (non-hydrogen) atoms. The molecule has 4 rings (SSSR count). The SMILES string of the molecule is O=C1c2c(F)ccc(F)c2C(=O)N1C1C[C@H]2CC[C@@H]1C2. The Labute approximate surface area is 114 Å². The minimum absolute atomic E-state index is 0.181. The van der Waals surface area contributed by atoms with E-state index >= 15 is 0 Å². The van der Waals surface area contributed by atoms with E-state index in [4.69, 9.17) is 0 Å². The van der Waals surface area contributed by atoms with E-state index in [9.17, 15) is 18.4 Å². The summed E-state index contributed by atoms with van der Waals surface area (Å²) in [5, 5.41) is 0. The highest BCUT2D eigenvalue weighted by Gasteiger charge is 2.50. The fraction of sp³-hybridized carbons (Fsp3) is 0.467. The summed E-state index contributed by atoms with van der Waals surface area (Å²) in [7, 11) is 0. The van der Waals surface area contributed by atoms with Gasteiger partial charge in [0, 0.05) is 6.04 Å². The number of halogens is 2. The average molecular weight is 277 g/mol. The van der Waals surface area contributed by atoms with E-state index in [0.717, 1.165) is 42.7 Å². The molecule has 1 aromatic carbocycles. The van der Waals surface area contributed by atoms with Gasteiger partial charge in [-0.1, -0.05) is 6.42 Å². The Balaban J connectivity index is 1.78. The molecule has 0 aromatic heterocycles. The summed E-state index contributed by atoms with van der Waals surface area (Å²) in [6.45, 7) is 0. The van der Waals surface area contributed by atoms with E-state index in [2.05, 4.69) is 0 Å². The van der Waals surface area contributed by atoms with Gasteiger partial charge < -0.3 is 0 Å². The van der Waals surface area contributed by atoms with Crippen molar-refractivity contribution in [3.05, 3.63) is 34.9 Å². The molecule has 3 atom stereocenters. The van der Waals surface area contributed by atoms with Crippen LogP contribution in [-0.4, -0.2) is 22.8 Å². The van der Waals surface area contributed by atoms with Crippen molar-refractivity contribution in [1.82, 2.24) is 4.90 Å². The van der Waals surface area contributed by atoms with E-state index in [1.807, 2.05) is 0 Å². The van der Waals surface area contributed by atoms with Crippen LogP contribution >= 0.6 is 0 Å². The summed E-state index contributed by atoms with van der Waals surface area (Å²) >= 11 is 0. The Morgan fingerprint density at radius 3 is 2.00 bits per heavy atom. The zero-order valence-corrected chi connectivity index (χ0v) is 10.7. The smallest absolute Gasteiger partial charge is 0.264 e. The van der Waals surface area contributed by atoms with Crippen LogP contribution in [0.5, 0.6) is 0 Å². The van der Waals surface area contributed by atoms with Gasteiger partial charge in [-0.2, -0.15) is 0 Å². The molecule has 1 aliphatic heterocycles. The predicted molar refractivity (Wildman–Crippen MR) is 66.1 cm³/mol. The third kappa shape index (κ3) is 1.38. The van der Waals surface area contributed by atoms with Crippen LogP contribution in [0.1, 0.15) is 46.4 Å². The lowest BCUT2D eigenvalue weighted by molar-refractivity contribution is 0.0527. The number of hydrogen-bond donors (Lipinski definition) is 0. The lowest BCUT2D eigenvalue weighted by Crippen LogP contribution is -2.43. The first-order valence-electron chi connectivity index (χ1n) is 6.94. The Morgan fingerprint density at radius 2 is 1.55 bits per heavy atom. The molecule has 3 aliphatic rings. The molecule has 0 spiro atoms. The van der Waals surface area contributed by atoms with Gasteiger partial charge in [-0.25, -0.2) is 8.78 Å². The number of benzene rings is 1. The molecule has 1 aromatic rings. The van der Waals surface area contributed by atoms with Crippen LogP contribution in [0.2, 0.25) is 0 Å². The number of hydrogen-bond acceptors (Lipinski definition) is 2. The molecule has 0 saturated heterocycles. The van der Waals surface area contributed by atoms with Crippen molar-refractivity contribution in [1.29, 1.82) is 0 Å². The molecule has 2 aliphatic carbocycles. The monoisotopic (exact) mass is 277 g/mol. The molecule has 2 fully saturated rings. The fourth-order valence-corrected chi connectivity index (χ4v) is 4.13. The van der Waals surface area contributed by atoms with Crippen LogP contribution in [-0.2, 0) is 0 Å². The number of nitrogens with zero attached hydrogens (tertiary/aromatic N) is 1. The molecule has 2 bridgehead atoms. The zero-order valence-electron chi connectivity index (χ0n) is 10.7. The average Bonchev–Trinajstić information content (AvgIpc) is 3.08. The van der Waals surface area contributed by atoms with Gasteiger partial charge in [-0.05, 0) is 43.2 Å². The number of carbonyl (C=O) groups excluding carboxylic acids is 2. The second kappa shape index (κ2) is 3.87. The second-order valence-corrected chi connectivity index (χ2v) is 6.00. The summed E-state index contributed by atoms with van der Waals surface area (Å²) in [6.07, 6.45) is 3.92. The van der Waals surface area contributed by atoms with Gasteiger partial charge in [0.25, 0.3) is 11.8 Å². The van der Waals surface area contributed by atoms with Crippen molar-refractivity contribution < 1.29 is 18.4 Å². The maximum Gasteiger partial charge on any atom is 0.264 e. The van der Waals surface area contributed by atoms with Crippen LogP contribution in [0.3, 0.4) is 0 Å². The Kier molecular flexibility index (Phi) is 2.32. The van der Waals surface area contributed by atoms with Gasteiger partial charge >= 0.3 is 0 Å². The number of rotatable bonds is 1. The van der Waals surface area contributed by atoms with Crippen LogP contribution < -0.4 is 0 Å². The second-order valence-electron chi connectivity index (χ2n) is 6.00. The highest BCUT2D eigenvalue weighted by atomic mass is 19.1. The van der Waals surface area contributed by atoms with Gasteiger partial charge in [0.15, 0.2) is 0 Å². The van der Waals surface area contributed by atoms with Gasteiger partial charge in [0.1, 0.15) is 11.6 Å². The number of imide groups is 1. The summed E-state index contributed by atoms with van der Waals surface area (Å²) in [5.41, 5.74) is -0.782. The third-order valence-electron chi connectivity index (χ3n) is 5.00. The minimum Gasteiger partial charge on any atom is -0.271 e. The normalized spacial score (nSPS) is 31.3. The minimum atomic E-state index is -0.814. The maximum atomic E-state index is 13.8. The lowest BCUT2D eigenvalue weighted by Gasteiger charge is -2.29. The predicted octanol–water partition coefficient (Wildman–Crippen LogP) is 2.75. The van der Waals surface area contributed by atoms with Crippen molar-refractivity contribution in [3.63, 3.8) is 0 Å². The van der Waals surface area contributed by atoms with E-state index in [-0.39, 0.29) is 6.04 Å². The summed E-state index contributed by atoms with van der Waals surface area (Å²) in [6, 6.07) is 1.63. The van der Waals surface area contributed by atoms with Crippen molar-refractivity contribution in [2.24, 2.45) is 11.8 Å². The highest BCUT2D eigenvalue weighted by Crippen LogP contribution is 2.48. The van der Waals surface area contributed by atoms with Gasteiger partial charge in [0.05, 0.1) is 11.1 Å². The topological polar surface area (TPSA) is 37.4 Å².